The van der Waals surface area contributed by atoms with Crippen LogP contribution in [0, 0.1) is 0 Å². The summed E-state index contributed by atoms with van der Waals surface area (Å²) in [6.45, 7) is 2.15. The third-order valence-corrected chi connectivity index (χ3v) is 4.84. The number of unbranched alkanes of at least 4 members (excludes halogenated alkanes) is 2. The maximum Gasteiger partial charge on any atom is 0.409 e. The van der Waals surface area contributed by atoms with Gasteiger partial charge in [0.15, 0.2) is 6.04 Å². The van der Waals surface area contributed by atoms with Crippen molar-refractivity contribution in [1.82, 2.24) is 10.4 Å². The Balaban J connectivity index is 2.10. The fraction of sp³-hybridized carbons (Fsp3) is 0.450. The van der Waals surface area contributed by atoms with Crippen molar-refractivity contribution in [2.24, 2.45) is 0 Å². The van der Waals surface area contributed by atoms with E-state index < -0.39 is 12.2 Å². The molecule has 1 aliphatic heterocycles. The first-order valence-electron chi connectivity index (χ1n) is 9.05. The number of amides is 1. The molecule has 1 atom stereocenters. The Morgan fingerprint density at radius 1 is 1.15 bits per heavy atom. The van der Waals surface area contributed by atoms with Crippen LogP contribution in [0.15, 0.2) is 36.4 Å². The molecule has 0 saturated carbocycles. The van der Waals surface area contributed by atoms with Gasteiger partial charge in [-0.15, -0.1) is 0 Å². The Bertz CT molecular complexity index is 783. The van der Waals surface area contributed by atoms with Gasteiger partial charge < -0.3 is 0 Å². The molecule has 1 fully saturated rings. The van der Waals surface area contributed by atoms with E-state index in [0.717, 1.165) is 41.6 Å². The van der Waals surface area contributed by atoms with Gasteiger partial charge in [-0.25, -0.2) is 5.01 Å². The molecule has 1 saturated heterocycles. The number of hydrazine groups is 1. The number of carbonyl (C=O) groups excluding carboxylic acids is 1. The fourth-order valence-corrected chi connectivity index (χ4v) is 3.66. The van der Waals surface area contributed by atoms with Gasteiger partial charge in [0.25, 0.3) is 0 Å². The lowest BCUT2D eigenvalue weighted by atomic mass is 9.92. The number of hydrogen-bond acceptors (Lipinski definition) is 2. The summed E-state index contributed by atoms with van der Waals surface area (Å²) < 4.78 is 41.9. The highest BCUT2D eigenvalue weighted by molar-refractivity contribution is 5.89. The van der Waals surface area contributed by atoms with Crippen LogP contribution in [0.25, 0.3) is 10.8 Å². The van der Waals surface area contributed by atoms with E-state index in [4.69, 9.17) is 0 Å². The van der Waals surface area contributed by atoms with Gasteiger partial charge in [0.2, 0.25) is 5.91 Å². The number of carbonyl (C=O) groups is 1. The number of nitrogens with one attached hydrogen (secondary N) is 1. The first-order chi connectivity index (χ1) is 12.4. The Labute approximate surface area is 151 Å². The minimum Gasteiger partial charge on any atom is -0.288 e. The van der Waals surface area contributed by atoms with E-state index >= 15 is 0 Å². The van der Waals surface area contributed by atoms with E-state index in [0.29, 0.717) is 5.39 Å². The van der Waals surface area contributed by atoms with Gasteiger partial charge in [-0.05, 0) is 34.7 Å². The van der Waals surface area contributed by atoms with Crippen molar-refractivity contribution < 1.29 is 18.0 Å². The summed E-state index contributed by atoms with van der Waals surface area (Å²) in [5, 5.41) is 2.49. The van der Waals surface area contributed by atoms with E-state index in [-0.39, 0.29) is 24.4 Å². The summed E-state index contributed by atoms with van der Waals surface area (Å²) in [5.74, 6) is -0.373. The normalized spacial score (nSPS) is 16.8. The molecule has 0 aromatic heterocycles. The zero-order valence-electron chi connectivity index (χ0n) is 14.8. The number of aryl methyl sites for hydroxylation is 1. The summed E-state index contributed by atoms with van der Waals surface area (Å²) in [5.41, 5.74) is 3.52. The lowest BCUT2D eigenvalue weighted by Gasteiger charge is -2.30. The molecule has 6 heteroatoms. The Morgan fingerprint density at radius 3 is 2.50 bits per heavy atom. The maximum absolute atomic E-state index is 14.0. The molecule has 0 spiro atoms. The molecule has 2 aromatic rings. The second-order valence-corrected chi connectivity index (χ2v) is 6.74. The Kier molecular flexibility index (Phi) is 5.51. The molecular formula is C20H23F3N2O. The van der Waals surface area contributed by atoms with Crippen molar-refractivity contribution in [3.8, 4) is 0 Å². The monoisotopic (exact) mass is 364 g/mol. The smallest absolute Gasteiger partial charge is 0.288 e. The summed E-state index contributed by atoms with van der Waals surface area (Å²) in [6.07, 6.45) is -0.602. The molecule has 1 N–H and O–H groups in total. The van der Waals surface area contributed by atoms with Crippen LogP contribution in [0.5, 0.6) is 0 Å². The van der Waals surface area contributed by atoms with Crippen molar-refractivity contribution >= 4 is 16.7 Å². The van der Waals surface area contributed by atoms with Crippen molar-refractivity contribution in [3.05, 3.63) is 47.5 Å². The van der Waals surface area contributed by atoms with Crippen LogP contribution in [-0.4, -0.2) is 23.6 Å². The molecule has 1 amide bonds. The molecule has 3 rings (SSSR count). The number of rotatable bonds is 6. The molecule has 26 heavy (non-hydrogen) atoms. The predicted molar refractivity (Wildman–Crippen MR) is 95.4 cm³/mol. The molecule has 2 aromatic carbocycles. The van der Waals surface area contributed by atoms with Crippen molar-refractivity contribution in [3.63, 3.8) is 0 Å². The highest BCUT2D eigenvalue weighted by Crippen LogP contribution is 2.41. The Morgan fingerprint density at radius 2 is 1.88 bits per heavy atom. The minimum absolute atomic E-state index is 0.0530. The number of nitrogens with zero attached hydrogens (tertiary/aromatic N) is 1. The van der Waals surface area contributed by atoms with E-state index in [1.807, 2.05) is 24.3 Å². The van der Waals surface area contributed by atoms with Crippen molar-refractivity contribution in [1.29, 1.82) is 0 Å². The zero-order chi connectivity index (χ0) is 18.7. The first-order valence-corrected chi connectivity index (χ1v) is 9.05. The van der Waals surface area contributed by atoms with E-state index in [9.17, 15) is 18.0 Å². The lowest BCUT2D eigenvalue weighted by molar-refractivity contribution is -0.190. The van der Waals surface area contributed by atoms with E-state index in [1.165, 1.54) is 6.07 Å². The highest BCUT2D eigenvalue weighted by atomic mass is 19.4. The molecule has 1 aliphatic rings. The minimum atomic E-state index is -4.48. The van der Waals surface area contributed by atoms with Gasteiger partial charge in [-0.1, -0.05) is 56.2 Å². The van der Waals surface area contributed by atoms with E-state index in [1.54, 1.807) is 6.07 Å². The van der Waals surface area contributed by atoms with Crippen LogP contribution >= 0.6 is 0 Å². The van der Waals surface area contributed by atoms with Gasteiger partial charge in [0, 0.05) is 13.0 Å². The quantitative estimate of drug-likeness (QED) is 0.739. The second-order valence-electron chi connectivity index (χ2n) is 6.74. The first kappa shape index (κ1) is 18.7. The summed E-state index contributed by atoms with van der Waals surface area (Å²) >= 11 is 0. The molecular weight excluding hydrogens is 341 g/mol. The topological polar surface area (TPSA) is 32.3 Å². The summed E-state index contributed by atoms with van der Waals surface area (Å²) in [4.78, 5) is 11.5. The highest BCUT2D eigenvalue weighted by Gasteiger charge is 2.47. The van der Waals surface area contributed by atoms with Gasteiger partial charge in [0.1, 0.15) is 0 Å². The number of alkyl halides is 3. The number of fused-ring (bicyclic) bond motifs is 1. The average Bonchev–Trinajstić information content (AvgIpc) is 3.00. The van der Waals surface area contributed by atoms with Gasteiger partial charge in [-0.3, -0.25) is 10.2 Å². The fourth-order valence-electron chi connectivity index (χ4n) is 3.66. The largest absolute Gasteiger partial charge is 0.409 e. The number of halogens is 3. The molecule has 0 bridgehead atoms. The number of benzene rings is 2. The van der Waals surface area contributed by atoms with Crippen LogP contribution in [0.1, 0.15) is 49.8 Å². The predicted octanol–water partition coefficient (Wildman–Crippen LogP) is 4.91. The van der Waals surface area contributed by atoms with Crippen LogP contribution in [-0.2, 0) is 11.2 Å². The average molecular weight is 364 g/mol. The SMILES string of the molecule is CCCCCc1cccc2cccc(C(N3CCC(=O)N3)C(F)(F)F)c12. The van der Waals surface area contributed by atoms with Crippen LogP contribution in [0.3, 0.4) is 0 Å². The van der Waals surface area contributed by atoms with Crippen molar-refractivity contribution in [2.75, 3.05) is 6.54 Å². The van der Waals surface area contributed by atoms with Crippen LogP contribution < -0.4 is 5.43 Å². The molecule has 1 unspecified atom stereocenters. The molecule has 1 heterocycles. The molecule has 0 aliphatic carbocycles. The summed E-state index contributed by atoms with van der Waals surface area (Å²) in [7, 11) is 0. The number of hydrogen-bond donors (Lipinski definition) is 1. The van der Waals surface area contributed by atoms with Gasteiger partial charge >= 0.3 is 6.18 Å². The maximum atomic E-state index is 14.0. The lowest BCUT2D eigenvalue weighted by Crippen LogP contribution is -2.43. The molecule has 3 nitrogen and oxygen atoms in total. The van der Waals surface area contributed by atoms with Gasteiger partial charge in [-0.2, -0.15) is 13.2 Å². The van der Waals surface area contributed by atoms with Crippen LogP contribution in [0.4, 0.5) is 13.2 Å². The van der Waals surface area contributed by atoms with E-state index in [2.05, 4.69) is 12.3 Å². The zero-order valence-corrected chi connectivity index (χ0v) is 14.8. The van der Waals surface area contributed by atoms with Gasteiger partial charge in [0.05, 0.1) is 0 Å². The second kappa shape index (κ2) is 7.66. The van der Waals surface area contributed by atoms with Crippen LogP contribution in [0.2, 0.25) is 0 Å². The summed E-state index contributed by atoms with van der Waals surface area (Å²) in [6, 6.07) is 8.85. The standard InChI is InChI=1S/C20H23F3N2O/c1-2-3-4-7-14-8-5-9-15-10-6-11-16(18(14)15)19(20(21,22)23)25-13-12-17(26)24-25/h5-6,8-11,19H,2-4,7,12-13H2,1H3,(H,24,26). The molecule has 0 radical (unpaired) electrons. The third-order valence-electron chi connectivity index (χ3n) is 4.84. The third kappa shape index (κ3) is 3.85. The Hall–Kier alpha value is -2.08. The molecule has 140 valence electrons. The van der Waals surface area contributed by atoms with Crippen molar-refractivity contribution in [2.45, 2.75) is 51.2 Å².